The van der Waals surface area contributed by atoms with Gasteiger partial charge in [0, 0.05) is 4.47 Å². The van der Waals surface area contributed by atoms with E-state index in [1.807, 2.05) is 12.1 Å². The van der Waals surface area contributed by atoms with Crippen LogP contribution in [0.1, 0.15) is 11.7 Å². The number of benzene rings is 1. The minimum absolute atomic E-state index is 0.172. The molecule has 0 bridgehead atoms. The van der Waals surface area contributed by atoms with Gasteiger partial charge in [-0.1, -0.05) is 15.9 Å². The summed E-state index contributed by atoms with van der Waals surface area (Å²) in [5.41, 5.74) is 0.745. The normalized spacial score (nSPS) is 12.6. The number of hydrogen-bond acceptors (Lipinski definition) is 2. The van der Waals surface area contributed by atoms with Crippen LogP contribution in [-0.2, 0) is 0 Å². The molecule has 0 radical (unpaired) electrons. The van der Waals surface area contributed by atoms with Crippen LogP contribution in [0.25, 0.3) is 0 Å². The van der Waals surface area contributed by atoms with Crippen LogP contribution in [0.15, 0.2) is 22.7 Å². The van der Waals surface area contributed by atoms with Crippen LogP contribution in [0.2, 0.25) is 0 Å². The van der Waals surface area contributed by atoms with Gasteiger partial charge in [-0.2, -0.15) is 0 Å². The van der Waals surface area contributed by atoms with Crippen molar-refractivity contribution in [1.29, 1.82) is 0 Å². The van der Waals surface area contributed by atoms with Gasteiger partial charge in [-0.25, -0.2) is 0 Å². The molecule has 0 heterocycles. The molecule has 0 aliphatic heterocycles. The summed E-state index contributed by atoms with van der Waals surface area (Å²) in [5, 5.41) is 9.51. The zero-order valence-corrected chi connectivity index (χ0v) is 9.47. The van der Waals surface area contributed by atoms with Gasteiger partial charge < -0.3 is 9.84 Å². The van der Waals surface area contributed by atoms with E-state index in [1.165, 1.54) is 0 Å². The van der Waals surface area contributed by atoms with E-state index in [1.54, 1.807) is 13.2 Å². The number of alkyl halides is 1. The van der Waals surface area contributed by atoms with Crippen LogP contribution >= 0.6 is 27.5 Å². The van der Waals surface area contributed by atoms with Crippen molar-refractivity contribution in [3.63, 3.8) is 0 Å². The van der Waals surface area contributed by atoms with Crippen LogP contribution in [0.3, 0.4) is 0 Å². The van der Waals surface area contributed by atoms with Crippen molar-refractivity contribution in [3.8, 4) is 5.75 Å². The molecule has 4 heteroatoms. The summed E-state index contributed by atoms with van der Waals surface area (Å²) in [6, 6.07) is 5.40. The fourth-order valence-electron chi connectivity index (χ4n) is 0.987. The van der Waals surface area contributed by atoms with E-state index >= 15 is 0 Å². The van der Waals surface area contributed by atoms with Crippen molar-refractivity contribution in [2.24, 2.45) is 0 Å². The third-order valence-electron chi connectivity index (χ3n) is 1.71. The Bertz CT molecular complexity index is 291. The Morgan fingerprint density at radius 1 is 1.62 bits per heavy atom. The third kappa shape index (κ3) is 2.59. The van der Waals surface area contributed by atoms with Gasteiger partial charge in [0.15, 0.2) is 0 Å². The molecule has 0 fully saturated rings. The second-order valence-electron chi connectivity index (χ2n) is 2.56. The third-order valence-corrected chi connectivity index (χ3v) is 2.72. The minimum atomic E-state index is -0.661. The van der Waals surface area contributed by atoms with Gasteiger partial charge in [-0.05, 0) is 23.8 Å². The zero-order chi connectivity index (χ0) is 9.84. The fraction of sp³-hybridized carbons (Fsp3) is 0.333. The molecule has 1 aromatic carbocycles. The Kier molecular flexibility index (Phi) is 4.03. The quantitative estimate of drug-likeness (QED) is 0.852. The van der Waals surface area contributed by atoms with Gasteiger partial charge in [0.2, 0.25) is 0 Å². The maximum absolute atomic E-state index is 9.51. The zero-order valence-electron chi connectivity index (χ0n) is 7.13. The molecule has 0 aliphatic rings. The molecule has 13 heavy (non-hydrogen) atoms. The van der Waals surface area contributed by atoms with E-state index in [0.717, 1.165) is 10.0 Å². The van der Waals surface area contributed by atoms with Gasteiger partial charge in [0.1, 0.15) is 5.75 Å². The molecule has 1 aromatic rings. The smallest absolute Gasteiger partial charge is 0.119 e. The van der Waals surface area contributed by atoms with Gasteiger partial charge in [-0.3, -0.25) is 0 Å². The number of methoxy groups -OCH3 is 1. The number of rotatable bonds is 3. The highest BCUT2D eigenvalue weighted by Gasteiger charge is 2.10. The largest absolute Gasteiger partial charge is 0.497 e. The van der Waals surface area contributed by atoms with Crippen molar-refractivity contribution >= 4 is 27.5 Å². The number of aliphatic hydroxyl groups is 1. The first-order valence-electron chi connectivity index (χ1n) is 3.76. The van der Waals surface area contributed by atoms with E-state index in [0.29, 0.717) is 5.75 Å². The number of hydrogen-bond donors (Lipinski definition) is 1. The Balaban J connectivity index is 3.03. The number of aliphatic hydroxyl groups excluding tert-OH is 1. The lowest BCUT2D eigenvalue weighted by atomic mass is 10.1. The standard InChI is InChI=1S/C9H10BrClO2/c1-13-6-2-3-8(10)7(4-6)9(12)5-11/h2-4,9,12H,5H2,1H3/t9-/m1/s1. The van der Waals surface area contributed by atoms with Gasteiger partial charge in [-0.15, -0.1) is 11.6 Å². The molecule has 0 unspecified atom stereocenters. The first-order valence-corrected chi connectivity index (χ1v) is 5.09. The summed E-state index contributed by atoms with van der Waals surface area (Å²) >= 11 is 8.87. The van der Waals surface area contributed by atoms with Gasteiger partial charge in [0.05, 0.1) is 19.1 Å². The topological polar surface area (TPSA) is 29.5 Å². The van der Waals surface area contributed by atoms with Crippen molar-refractivity contribution in [1.82, 2.24) is 0 Å². The maximum atomic E-state index is 9.51. The summed E-state index contributed by atoms with van der Waals surface area (Å²) in [7, 11) is 1.58. The summed E-state index contributed by atoms with van der Waals surface area (Å²) in [6.45, 7) is 0. The van der Waals surface area contributed by atoms with E-state index in [-0.39, 0.29) is 5.88 Å². The number of halogens is 2. The molecule has 72 valence electrons. The Labute approximate surface area is 90.6 Å². The van der Waals surface area contributed by atoms with E-state index < -0.39 is 6.10 Å². The Hall–Kier alpha value is -0.250. The fourth-order valence-corrected chi connectivity index (χ4v) is 1.66. The molecular formula is C9H10BrClO2. The molecule has 1 rings (SSSR count). The highest BCUT2D eigenvalue weighted by Crippen LogP contribution is 2.28. The predicted molar refractivity (Wildman–Crippen MR) is 56.4 cm³/mol. The minimum Gasteiger partial charge on any atom is -0.497 e. The lowest BCUT2D eigenvalue weighted by Crippen LogP contribution is -2.00. The highest BCUT2D eigenvalue weighted by molar-refractivity contribution is 9.10. The molecule has 1 atom stereocenters. The number of ether oxygens (including phenoxy) is 1. The van der Waals surface area contributed by atoms with Crippen LogP contribution in [0.4, 0.5) is 0 Å². The SMILES string of the molecule is COc1ccc(Br)c([C@H](O)CCl)c1. The van der Waals surface area contributed by atoms with Crippen LogP contribution < -0.4 is 4.74 Å². The molecule has 2 nitrogen and oxygen atoms in total. The molecular weight excluding hydrogens is 255 g/mol. The Morgan fingerprint density at radius 3 is 2.85 bits per heavy atom. The van der Waals surface area contributed by atoms with Crippen molar-refractivity contribution in [2.45, 2.75) is 6.10 Å². The second-order valence-corrected chi connectivity index (χ2v) is 3.72. The van der Waals surface area contributed by atoms with Crippen LogP contribution in [-0.4, -0.2) is 18.1 Å². The summed E-state index contributed by atoms with van der Waals surface area (Å²) in [6.07, 6.45) is -0.661. The van der Waals surface area contributed by atoms with Gasteiger partial charge in [0.25, 0.3) is 0 Å². The summed E-state index contributed by atoms with van der Waals surface area (Å²) < 4.78 is 5.86. The van der Waals surface area contributed by atoms with Crippen molar-refractivity contribution in [3.05, 3.63) is 28.2 Å². The molecule has 0 aliphatic carbocycles. The molecule has 0 amide bonds. The van der Waals surface area contributed by atoms with E-state index in [4.69, 9.17) is 16.3 Å². The van der Waals surface area contributed by atoms with Gasteiger partial charge >= 0.3 is 0 Å². The lowest BCUT2D eigenvalue weighted by molar-refractivity contribution is 0.201. The van der Waals surface area contributed by atoms with Crippen LogP contribution in [0, 0.1) is 0 Å². The van der Waals surface area contributed by atoms with Crippen LogP contribution in [0.5, 0.6) is 5.75 Å². The molecule has 0 saturated heterocycles. The lowest BCUT2D eigenvalue weighted by Gasteiger charge is -2.10. The average Bonchev–Trinajstić information content (AvgIpc) is 2.17. The maximum Gasteiger partial charge on any atom is 0.119 e. The monoisotopic (exact) mass is 264 g/mol. The Morgan fingerprint density at radius 2 is 2.31 bits per heavy atom. The first-order chi connectivity index (χ1) is 6.19. The van der Waals surface area contributed by atoms with Crippen molar-refractivity contribution in [2.75, 3.05) is 13.0 Å². The summed E-state index contributed by atoms with van der Waals surface area (Å²) in [4.78, 5) is 0. The highest BCUT2D eigenvalue weighted by atomic mass is 79.9. The first kappa shape index (κ1) is 10.8. The van der Waals surface area contributed by atoms with E-state index in [2.05, 4.69) is 15.9 Å². The van der Waals surface area contributed by atoms with Crippen molar-refractivity contribution < 1.29 is 9.84 Å². The predicted octanol–water partition coefficient (Wildman–Crippen LogP) is 2.73. The molecule has 0 spiro atoms. The second kappa shape index (κ2) is 4.84. The summed E-state index contributed by atoms with van der Waals surface area (Å²) in [5.74, 6) is 0.883. The van der Waals surface area contributed by atoms with E-state index in [9.17, 15) is 5.11 Å². The molecule has 0 aromatic heterocycles. The molecule has 0 saturated carbocycles. The average molecular weight is 266 g/mol. The molecule has 1 N–H and O–H groups in total.